The van der Waals surface area contributed by atoms with Crippen molar-refractivity contribution in [1.29, 1.82) is 0 Å². The van der Waals surface area contributed by atoms with Crippen LogP contribution in [0.25, 0.3) is 0 Å². The van der Waals surface area contributed by atoms with Gasteiger partial charge in [0.15, 0.2) is 8.32 Å². The molecule has 1 amide bonds. The maximum absolute atomic E-state index is 12.3. The normalized spacial score (nSPS) is 20.5. The van der Waals surface area contributed by atoms with Crippen molar-refractivity contribution in [3.8, 4) is 0 Å². The van der Waals surface area contributed by atoms with E-state index >= 15 is 0 Å². The van der Waals surface area contributed by atoms with Gasteiger partial charge in [-0.1, -0.05) is 52.9 Å². The number of nitrogens with two attached hydrogens (primary N) is 1. The summed E-state index contributed by atoms with van der Waals surface area (Å²) in [6.07, 6.45) is 6.80. The number of rotatable bonds is 6. The maximum Gasteiger partial charge on any atom is 0.249 e. The molecular weight excluding hydrogens is 292 g/mol. The molecule has 0 unspecified atom stereocenters. The maximum atomic E-state index is 12.3. The van der Waals surface area contributed by atoms with E-state index in [2.05, 4.69) is 39.2 Å². The highest BCUT2D eigenvalue weighted by molar-refractivity contribution is 6.74. The third-order valence-corrected chi connectivity index (χ3v) is 9.91. The van der Waals surface area contributed by atoms with E-state index in [9.17, 15) is 4.79 Å². The molecule has 1 rings (SSSR count). The van der Waals surface area contributed by atoms with Gasteiger partial charge in [-0.3, -0.25) is 4.79 Å². The van der Waals surface area contributed by atoms with Crippen LogP contribution in [0.3, 0.4) is 0 Å². The fourth-order valence-electron chi connectivity index (χ4n) is 2.90. The van der Waals surface area contributed by atoms with Crippen LogP contribution < -0.4 is 11.1 Å². The van der Waals surface area contributed by atoms with Crippen molar-refractivity contribution >= 4 is 14.2 Å². The van der Waals surface area contributed by atoms with Crippen molar-refractivity contribution in [1.82, 2.24) is 5.32 Å². The highest BCUT2D eigenvalue weighted by Gasteiger charge is 2.42. The molecule has 0 radical (unpaired) electrons. The van der Waals surface area contributed by atoms with Gasteiger partial charge in [0.1, 0.15) is 6.10 Å². The molecule has 0 saturated heterocycles. The van der Waals surface area contributed by atoms with Gasteiger partial charge in [-0.2, -0.15) is 0 Å². The summed E-state index contributed by atoms with van der Waals surface area (Å²) in [4.78, 5) is 12.3. The Balaban J connectivity index is 2.76. The molecule has 3 N–H and O–H groups in total. The average molecular weight is 329 g/mol. The average Bonchev–Trinajstić information content (AvgIpc) is 2.43. The summed E-state index contributed by atoms with van der Waals surface area (Å²) in [6, 6.07) is -0.211. The van der Waals surface area contributed by atoms with Crippen LogP contribution in [0.5, 0.6) is 0 Å². The number of nitrogens with one attached hydrogen (secondary N) is 1. The minimum atomic E-state index is -2.02. The number of carbonyl (C=O) groups excluding carboxylic acids is 1. The Labute approximate surface area is 137 Å². The van der Waals surface area contributed by atoms with Crippen LogP contribution in [0.15, 0.2) is 0 Å². The van der Waals surface area contributed by atoms with Gasteiger partial charge in [0.25, 0.3) is 0 Å². The van der Waals surface area contributed by atoms with E-state index in [1.54, 1.807) is 7.05 Å². The first-order valence-electron chi connectivity index (χ1n) is 8.73. The first kappa shape index (κ1) is 19.7. The van der Waals surface area contributed by atoms with Gasteiger partial charge < -0.3 is 15.5 Å². The molecule has 0 aliphatic heterocycles. The monoisotopic (exact) mass is 328 g/mol. The van der Waals surface area contributed by atoms with Crippen molar-refractivity contribution in [2.75, 3.05) is 7.05 Å². The van der Waals surface area contributed by atoms with E-state index in [0.29, 0.717) is 5.92 Å². The van der Waals surface area contributed by atoms with E-state index in [1.807, 2.05) is 0 Å². The fraction of sp³-hybridized carbons (Fsp3) is 0.941. The Morgan fingerprint density at radius 1 is 1.27 bits per heavy atom. The van der Waals surface area contributed by atoms with Gasteiger partial charge in [0, 0.05) is 13.1 Å². The molecule has 0 aromatic heterocycles. The molecule has 5 heteroatoms. The lowest BCUT2D eigenvalue weighted by Crippen LogP contribution is -2.55. The Hall–Kier alpha value is -0.393. The lowest BCUT2D eigenvalue weighted by atomic mass is 9.84. The molecule has 0 spiro atoms. The molecular formula is C17H36N2O2Si. The topological polar surface area (TPSA) is 64.3 Å². The summed E-state index contributed by atoms with van der Waals surface area (Å²) >= 11 is 0. The highest BCUT2D eigenvalue weighted by Crippen LogP contribution is 2.38. The molecule has 2 atom stereocenters. The summed E-state index contributed by atoms with van der Waals surface area (Å²) in [6.45, 7) is 10.9. The lowest BCUT2D eigenvalue weighted by Gasteiger charge is -2.40. The Morgan fingerprint density at radius 2 is 1.82 bits per heavy atom. The molecule has 0 aromatic carbocycles. The highest BCUT2D eigenvalue weighted by atomic mass is 28.4. The standard InChI is InChI=1S/C17H36N2O2Si/c1-17(2,3)22(5,6)21-15(16(20)19-4)14(18)12-13-10-8-7-9-11-13/h13-15H,7-12,18H2,1-6H3,(H,19,20)/t14-,15+/m0/s1. The van der Waals surface area contributed by atoms with Crippen LogP contribution in [-0.2, 0) is 9.22 Å². The van der Waals surface area contributed by atoms with Crippen molar-refractivity contribution in [2.45, 2.75) is 89.6 Å². The fourth-order valence-corrected chi connectivity index (χ4v) is 4.17. The third kappa shape index (κ3) is 5.35. The van der Waals surface area contributed by atoms with E-state index < -0.39 is 14.4 Å². The van der Waals surface area contributed by atoms with Gasteiger partial charge in [0.2, 0.25) is 5.91 Å². The van der Waals surface area contributed by atoms with Gasteiger partial charge in [-0.25, -0.2) is 0 Å². The van der Waals surface area contributed by atoms with Crippen LogP contribution in [0, 0.1) is 5.92 Å². The van der Waals surface area contributed by atoms with Crippen LogP contribution in [0.4, 0.5) is 0 Å². The Bertz CT molecular complexity index is 360. The molecule has 1 saturated carbocycles. The molecule has 130 valence electrons. The second kappa shape index (κ2) is 7.93. The van der Waals surface area contributed by atoms with Crippen molar-refractivity contribution < 1.29 is 9.22 Å². The minimum Gasteiger partial charge on any atom is -0.404 e. The van der Waals surface area contributed by atoms with Crippen LogP contribution in [0.2, 0.25) is 18.1 Å². The van der Waals surface area contributed by atoms with Gasteiger partial charge >= 0.3 is 0 Å². The van der Waals surface area contributed by atoms with Crippen LogP contribution in [-0.4, -0.2) is 33.4 Å². The SMILES string of the molecule is CNC(=O)[C@H](O[Si](C)(C)C(C)(C)C)[C@@H](N)CC1CCCCC1. The van der Waals surface area contributed by atoms with Crippen molar-refractivity contribution in [3.05, 3.63) is 0 Å². The molecule has 0 aromatic rings. The second-order valence-corrected chi connectivity index (χ2v) is 13.1. The zero-order chi connectivity index (χ0) is 17.0. The molecule has 1 fully saturated rings. The van der Waals surface area contributed by atoms with Gasteiger partial charge in [0.05, 0.1) is 0 Å². The molecule has 0 bridgehead atoms. The van der Waals surface area contributed by atoms with E-state index in [1.165, 1.54) is 32.1 Å². The van der Waals surface area contributed by atoms with Crippen molar-refractivity contribution in [3.63, 3.8) is 0 Å². The molecule has 4 nitrogen and oxygen atoms in total. The van der Waals surface area contributed by atoms with E-state index in [4.69, 9.17) is 10.2 Å². The number of likely N-dealkylation sites (N-methyl/N-ethyl adjacent to an activating group) is 1. The third-order valence-electron chi connectivity index (χ3n) is 5.45. The van der Waals surface area contributed by atoms with Gasteiger partial charge in [-0.15, -0.1) is 0 Å². The van der Waals surface area contributed by atoms with Crippen LogP contribution in [0.1, 0.15) is 59.3 Å². The Morgan fingerprint density at radius 3 is 2.27 bits per heavy atom. The van der Waals surface area contributed by atoms with Crippen LogP contribution >= 0.6 is 0 Å². The van der Waals surface area contributed by atoms with E-state index in [0.717, 1.165) is 6.42 Å². The predicted octanol–water partition coefficient (Wildman–Crippen LogP) is 3.42. The van der Waals surface area contributed by atoms with Gasteiger partial charge in [-0.05, 0) is 30.5 Å². The summed E-state index contributed by atoms with van der Waals surface area (Å²) in [5.74, 6) is 0.576. The number of hydrogen-bond acceptors (Lipinski definition) is 3. The smallest absolute Gasteiger partial charge is 0.249 e. The summed E-state index contributed by atoms with van der Waals surface area (Å²) in [5, 5.41) is 2.81. The van der Waals surface area contributed by atoms with E-state index in [-0.39, 0.29) is 17.0 Å². The quantitative estimate of drug-likeness (QED) is 0.734. The zero-order valence-electron chi connectivity index (χ0n) is 15.4. The Kier molecular flexibility index (Phi) is 7.08. The number of hydrogen-bond donors (Lipinski definition) is 2. The number of amides is 1. The lowest BCUT2D eigenvalue weighted by molar-refractivity contribution is -0.129. The zero-order valence-corrected chi connectivity index (χ0v) is 16.4. The summed E-state index contributed by atoms with van der Waals surface area (Å²) in [5.41, 5.74) is 6.41. The second-order valence-electron chi connectivity index (χ2n) is 8.32. The predicted molar refractivity (Wildman–Crippen MR) is 95.3 cm³/mol. The van der Waals surface area contributed by atoms with Crippen molar-refractivity contribution in [2.24, 2.45) is 11.7 Å². The molecule has 1 aliphatic carbocycles. The number of carbonyl (C=O) groups is 1. The summed E-state index contributed by atoms with van der Waals surface area (Å²) in [7, 11) is -0.352. The first-order valence-corrected chi connectivity index (χ1v) is 11.6. The molecule has 1 aliphatic rings. The molecule has 22 heavy (non-hydrogen) atoms. The minimum absolute atomic E-state index is 0.0732. The largest absolute Gasteiger partial charge is 0.404 e. The summed E-state index contributed by atoms with van der Waals surface area (Å²) < 4.78 is 6.36. The molecule has 0 heterocycles. The first-order chi connectivity index (χ1) is 10.1.